The molecule has 7 heteroatoms. The second-order valence-electron chi connectivity index (χ2n) is 5.19. The van der Waals surface area contributed by atoms with Gasteiger partial charge in [-0.15, -0.1) is 0 Å². The van der Waals surface area contributed by atoms with Gasteiger partial charge in [-0.1, -0.05) is 30.1 Å². The summed E-state index contributed by atoms with van der Waals surface area (Å²) in [6, 6.07) is 5.01. The number of halogens is 3. The highest BCUT2D eigenvalue weighted by Crippen LogP contribution is 2.25. The van der Waals surface area contributed by atoms with Gasteiger partial charge in [0.05, 0.1) is 32.7 Å². The molecule has 0 saturated carbocycles. The summed E-state index contributed by atoms with van der Waals surface area (Å²) in [7, 11) is 0. The number of carbonyl (C=O) groups excluding carboxylic acids is 1. The summed E-state index contributed by atoms with van der Waals surface area (Å²) >= 11 is 15.3. The molecule has 0 spiro atoms. The van der Waals surface area contributed by atoms with Crippen LogP contribution in [0.25, 0.3) is 0 Å². The summed E-state index contributed by atoms with van der Waals surface area (Å²) in [6.45, 7) is 6.25. The fourth-order valence-corrected chi connectivity index (χ4v) is 2.62. The Kier molecular flexibility index (Phi) is 5.53. The number of aryl methyl sites for hydroxylation is 1. The standard InChI is InChI=1S/C15H16BrCl2N3O/c1-8(7-21-10(3)14(16)9(2)20-21)15(22)19-11-4-5-12(17)13(18)6-11/h4-6,8H,7H2,1-3H3,(H,19,22). The van der Waals surface area contributed by atoms with E-state index in [0.29, 0.717) is 22.3 Å². The Morgan fingerprint density at radius 3 is 2.59 bits per heavy atom. The van der Waals surface area contributed by atoms with E-state index in [4.69, 9.17) is 23.2 Å². The number of nitrogens with zero attached hydrogens (tertiary/aromatic N) is 2. The van der Waals surface area contributed by atoms with Gasteiger partial charge in [0.25, 0.3) is 0 Å². The fourth-order valence-electron chi connectivity index (χ4n) is 2.03. The van der Waals surface area contributed by atoms with Crippen LogP contribution in [0.15, 0.2) is 22.7 Å². The summed E-state index contributed by atoms with van der Waals surface area (Å²) in [5.41, 5.74) is 2.54. The van der Waals surface area contributed by atoms with Crippen molar-refractivity contribution in [1.29, 1.82) is 0 Å². The van der Waals surface area contributed by atoms with E-state index in [9.17, 15) is 4.79 Å². The normalized spacial score (nSPS) is 12.3. The van der Waals surface area contributed by atoms with E-state index in [0.717, 1.165) is 15.9 Å². The number of hydrogen-bond donors (Lipinski definition) is 1. The quantitative estimate of drug-likeness (QED) is 0.791. The SMILES string of the molecule is Cc1nn(CC(C)C(=O)Nc2ccc(Cl)c(Cl)c2)c(C)c1Br. The number of carbonyl (C=O) groups is 1. The third-order valence-corrected chi connectivity index (χ3v) is 5.26. The first-order valence-corrected chi connectivity index (χ1v) is 8.30. The lowest BCUT2D eigenvalue weighted by Gasteiger charge is -2.14. The minimum atomic E-state index is -0.237. The van der Waals surface area contributed by atoms with Crippen molar-refractivity contribution in [2.24, 2.45) is 5.92 Å². The average Bonchev–Trinajstić information content (AvgIpc) is 2.70. The molecule has 0 fully saturated rings. The van der Waals surface area contributed by atoms with E-state index in [2.05, 4.69) is 26.3 Å². The highest BCUT2D eigenvalue weighted by atomic mass is 79.9. The van der Waals surface area contributed by atoms with Gasteiger partial charge in [-0.05, 0) is 48.0 Å². The average molecular weight is 405 g/mol. The molecule has 0 aliphatic carbocycles. The lowest BCUT2D eigenvalue weighted by Crippen LogP contribution is -2.25. The highest BCUT2D eigenvalue weighted by Gasteiger charge is 2.17. The van der Waals surface area contributed by atoms with E-state index in [1.165, 1.54) is 0 Å². The predicted octanol–water partition coefficient (Wildman–Crippen LogP) is 4.84. The first-order chi connectivity index (χ1) is 10.3. The van der Waals surface area contributed by atoms with Crippen molar-refractivity contribution in [3.8, 4) is 0 Å². The number of rotatable bonds is 4. The molecule has 22 heavy (non-hydrogen) atoms. The largest absolute Gasteiger partial charge is 0.326 e. The van der Waals surface area contributed by atoms with Crippen LogP contribution in [-0.2, 0) is 11.3 Å². The summed E-state index contributed by atoms with van der Waals surface area (Å²) in [5.74, 6) is -0.332. The molecule has 1 aromatic carbocycles. The van der Waals surface area contributed by atoms with Crippen LogP contribution in [0.3, 0.4) is 0 Å². The van der Waals surface area contributed by atoms with Gasteiger partial charge in [0.15, 0.2) is 0 Å². The van der Waals surface area contributed by atoms with Gasteiger partial charge in [-0.3, -0.25) is 9.48 Å². The molecule has 1 unspecified atom stereocenters. The molecule has 4 nitrogen and oxygen atoms in total. The summed E-state index contributed by atoms with van der Waals surface area (Å²) in [6.07, 6.45) is 0. The molecule has 0 saturated heterocycles. The van der Waals surface area contributed by atoms with Crippen molar-refractivity contribution < 1.29 is 4.79 Å². The van der Waals surface area contributed by atoms with Gasteiger partial charge in [-0.2, -0.15) is 5.10 Å². The Labute approximate surface area is 147 Å². The van der Waals surface area contributed by atoms with E-state index < -0.39 is 0 Å². The molecule has 1 aromatic heterocycles. The maximum Gasteiger partial charge on any atom is 0.229 e. The van der Waals surface area contributed by atoms with Gasteiger partial charge in [0.2, 0.25) is 5.91 Å². The van der Waals surface area contributed by atoms with Crippen LogP contribution in [0.1, 0.15) is 18.3 Å². The van der Waals surface area contributed by atoms with E-state index in [-0.39, 0.29) is 11.8 Å². The minimum absolute atomic E-state index is 0.0953. The third kappa shape index (κ3) is 3.83. The number of benzene rings is 1. The van der Waals surface area contributed by atoms with Gasteiger partial charge >= 0.3 is 0 Å². The van der Waals surface area contributed by atoms with Crippen molar-refractivity contribution in [3.05, 3.63) is 44.1 Å². The molecule has 0 aliphatic rings. The first-order valence-electron chi connectivity index (χ1n) is 6.75. The lowest BCUT2D eigenvalue weighted by molar-refractivity contribution is -0.119. The van der Waals surface area contributed by atoms with Crippen LogP contribution in [0.5, 0.6) is 0 Å². The number of aromatic nitrogens is 2. The summed E-state index contributed by atoms with van der Waals surface area (Å²) in [5, 5.41) is 8.12. The van der Waals surface area contributed by atoms with Crippen molar-refractivity contribution in [3.63, 3.8) is 0 Å². The molecular formula is C15H16BrCl2N3O. The molecule has 1 N–H and O–H groups in total. The molecule has 1 heterocycles. The minimum Gasteiger partial charge on any atom is -0.326 e. The monoisotopic (exact) mass is 403 g/mol. The Hall–Kier alpha value is -1.04. The summed E-state index contributed by atoms with van der Waals surface area (Å²) < 4.78 is 2.81. The second kappa shape index (κ2) is 7.02. The highest BCUT2D eigenvalue weighted by molar-refractivity contribution is 9.10. The molecule has 0 aliphatic heterocycles. The molecule has 1 amide bonds. The maximum atomic E-state index is 12.3. The summed E-state index contributed by atoms with van der Waals surface area (Å²) in [4.78, 5) is 12.3. The molecule has 0 bridgehead atoms. The molecule has 1 atom stereocenters. The molecule has 2 rings (SSSR count). The number of hydrogen-bond acceptors (Lipinski definition) is 2. The van der Waals surface area contributed by atoms with Gasteiger partial charge in [0.1, 0.15) is 0 Å². The number of anilines is 1. The Morgan fingerprint density at radius 2 is 2.05 bits per heavy atom. The number of amides is 1. The Bertz CT molecular complexity index is 715. The van der Waals surface area contributed by atoms with Crippen LogP contribution in [0.4, 0.5) is 5.69 Å². The smallest absolute Gasteiger partial charge is 0.229 e. The molecule has 2 aromatic rings. The zero-order valence-corrected chi connectivity index (χ0v) is 15.6. The predicted molar refractivity (Wildman–Crippen MR) is 93.7 cm³/mol. The second-order valence-corrected chi connectivity index (χ2v) is 6.79. The lowest BCUT2D eigenvalue weighted by atomic mass is 10.1. The van der Waals surface area contributed by atoms with Gasteiger partial charge < -0.3 is 5.32 Å². The first kappa shape index (κ1) is 17.3. The molecular weight excluding hydrogens is 389 g/mol. The molecule has 0 radical (unpaired) electrons. The fraction of sp³-hybridized carbons (Fsp3) is 0.333. The Morgan fingerprint density at radius 1 is 1.36 bits per heavy atom. The number of nitrogens with one attached hydrogen (secondary N) is 1. The van der Waals surface area contributed by atoms with E-state index >= 15 is 0 Å². The third-order valence-electron chi connectivity index (χ3n) is 3.37. The van der Waals surface area contributed by atoms with Crippen molar-refractivity contribution >= 4 is 50.7 Å². The van der Waals surface area contributed by atoms with Crippen LogP contribution in [0, 0.1) is 19.8 Å². The van der Waals surface area contributed by atoms with Crippen LogP contribution in [0.2, 0.25) is 10.0 Å². The van der Waals surface area contributed by atoms with Crippen LogP contribution < -0.4 is 5.32 Å². The maximum absolute atomic E-state index is 12.3. The van der Waals surface area contributed by atoms with Crippen molar-refractivity contribution in [2.75, 3.05) is 5.32 Å². The van der Waals surface area contributed by atoms with E-state index in [1.54, 1.807) is 18.2 Å². The molecule has 118 valence electrons. The zero-order chi connectivity index (χ0) is 16.4. The topological polar surface area (TPSA) is 46.9 Å². The van der Waals surface area contributed by atoms with Crippen LogP contribution >= 0.6 is 39.1 Å². The van der Waals surface area contributed by atoms with E-state index in [1.807, 2.05) is 25.5 Å². The van der Waals surface area contributed by atoms with Crippen molar-refractivity contribution in [2.45, 2.75) is 27.3 Å². The van der Waals surface area contributed by atoms with Gasteiger partial charge in [0, 0.05) is 11.4 Å². The van der Waals surface area contributed by atoms with Crippen molar-refractivity contribution in [1.82, 2.24) is 9.78 Å². The van der Waals surface area contributed by atoms with Gasteiger partial charge in [-0.25, -0.2) is 0 Å². The van der Waals surface area contributed by atoms with Crippen LogP contribution in [-0.4, -0.2) is 15.7 Å². The zero-order valence-electron chi connectivity index (χ0n) is 12.5. The Balaban J connectivity index is 2.05.